The van der Waals surface area contributed by atoms with E-state index in [2.05, 4.69) is 31.0 Å². The van der Waals surface area contributed by atoms with Gasteiger partial charge in [-0.15, -0.1) is 0 Å². The number of aromatic nitrogens is 4. The van der Waals surface area contributed by atoms with Crippen molar-refractivity contribution in [2.75, 3.05) is 25.1 Å². The van der Waals surface area contributed by atoms with E-state index in [-0.39, 0.29) is 30.0 Å². The molecule has 0 saturated heterocycles. The van der Waals surface area contributed by atoms with Crippen LogP contribution in [0.3, 0.4) is 0 Å². The lowest BCUT2D eigenvalue weighted by molar-refractivity contribution is -0.397. The van der Waals surface area contributed by atoms with Crippen molar-refractivity contribution in [1.82, 2.24) is 24.4 Å². The van der Waals surface area contributed by atoms with Gasteiger partial charge < -0.3 is 35.6 Å². The van der Waals surface area contributed by atoms with Gasteiger partial charge in [0.05, 0.1) is 48.3 Å². The fourth-order valence-electron chi connectivity index (χ4n) is 4.47. The fraction of sp³-hybridized carbons (Fsp3) is 0.226. The number of quaternary nitrogens is 1. The third kappa shape index (κ3) is 9.22. The van der Waals surface area contributed by atoms with Crippen LogP contribution in [0.1, 0.15) is 19.0 Å². The van der Waals surface area contributed by atoms with E-state index < -0.39 is 22.7 Å². The highest BCUT2D eigenvalue weighted by Crippen LogP contribution is 2.34. The summed E-state index contributed by atoms with van der Waals surface area (Å²) in [5.41, 5.74) is 6.72. The van der Waals surface area contributed by atoms with Crippen LogP contribution in [0.5, 0.6) is 0 Å². The summed E-state index contributed by atoms with van der Waals surface area (Å²) in [7, 11) is -10.2. The maximum Gasteiger partial charge on any atom is 0.246 e. The molecule has 0 fully saturated rings. The van der Waals surface area contributed by atoms with Gasteiger partial charge in [-0.25, -0.2) is 18.4 Å². The van der Waals surface area contributed by atoms with E-state index in [0.29, 0.717) is 24.4 Å². The Morgan fingerprint density at radius 2 is 1.66 bits per heavy atom. The maximum atomic E-state index is 12.4. The number of aliphatic hydroxyl groups is 2. The number of benzene rings is 2. The molecule has 5 aromatic rings. The number of fused-ring (bicyclic) bond motifs is 1. The molecule has 47 heavy (non-hydrogen) atoms. The van der Waals surface area contributed by atoms with E-state index in [9.17, 15) is 22.8 Å². The maximum absolute atomic E-state index is 12.4. The van der Waals surface area contributed by atoms with Crippen molar-refractivity contribution in [2.45, 2.75) is 24.8 Å². The summed E-state index contributed by atoms with van der Waals surface area (Å²) >= 11 is 0. The molecule has 0 atom stereocenters. The van der Waals surface area contributed by atoms with E-state index >= 15 is 0 Å². The van der Waals surface area contributed by atoms with Gasteiger partial charge in [0, 0.05) is 31.9 Å². The molecule has 0 aliphatic carbocycles. The predicted molar refractivity (Wildman–Crippen MR) is 172 cm³/mol. The van der Waals surface area contributed by atoms with Crippen LogP contribution in [0.2, 0.25) is 0 Å². The number of hydrogen-bond donors (Lipinski definition) is 5. The lowest BCUT2D eigenvalue weighted by Crippen LogP contribution is -2.60. The number of pyridine rings is 2. The molecule has 14 nitrogen and oxygen atoms in total. The smallest absolute Gasteiger partial charge is 0.246 e. The van der Waals surface area contributed by atoms with Gasteiger partial charge in [0.2, 0.25) is 10.0 Å². The van der Waals surface area contributed by atoms with Crippen LogP contribution in [0.25, 0.3) is 33.4 Å². The third-order valence-electron chi connectivity index (χ3n) is 7.44. The summed E-state index contributed by atoms with van der Waals surface area (Å²) in [5.74, 6) is 0.619. The summed E-state index contributed by atoms with van der Waals surface area (Å²) in [4.78, 5) is 39.1. The van der Waals surface area contributed by atoms with Crippen molar-refractivity contribution in [1.29, 1.82) is 0 Å². The van der Waals surface area contributed by atoms with E-state index in [0.717, 1.165) is 45.4 Å². The van der Waals surface area contributed by atoms with E-state index in [4.69, 9.17) is 10.2 Å². The Balaban J connectivity index is 0.000000488. The summed E-state index contributed by atoms with van der Waals surface area (Å²) in [6, 6.07) is 22.0. The first-order valence-corrected chi connectivity index (χ1v) is 17.5. The summed E-state index contributed by atoms with van der Waals surface area (Å²) in [6.45, 7) is 2.95. The molecular weight excluding hydrogens is 645 g/mol. The van der Waals surface area contributed by atoms with Crippen LogP contribution in [0.15, 0.2) is 96.3 Å². The molecule has 7 N–H and O–H groups in total. The highest BCUT2D eigenvalue weighted by Gasteiger charge is 2.26. The Labute approximate surface area is 272 Å². The highest BCUT2D eigenvalue weighted by molar-refractivity contribution is 7.94. The molecule has 5 rings (SSSR count). The molecular formula is C31H35N7O7PS-. The highest BCUT2D eigenvalue weighted by atomic mass is 32.2. The molecule has 0 unspecified atom stereocenters. The quantitative estimate of drug-likeness (QED) is 0.116. The minimum atomic E-state index is -5.57. The standard InChI is InChI=1S/C25H21N6O5PS.C6H15NO2/c32-37(33,34)31-38(35,36)20-13-18(14-26-16-20)24-29-22-11-6-10-21(17-7-2-1-3-8-17)23(22)25(30-24)28-15-19-9-4-5-12-27-19;1-2-6(3-7,4-8)5-9/h1-14,16H,15H2,(H,28,29,30)(H3,31,32,33,34);8-9H,2-5,7H2,1H3/p-1. The van der Waals surface area contributed by atoms with E-state index in [1.54, 1.807) is 12.3 Å². The average molecular weight is 681 g/mol. The Morgan fingerprint density at radius 3 is 2.26 bits per heavy atom. The minimum Gasteiger partial charge on any atom is -0.799 e. The number of nitrogens with zero attached hydrogens (tertiary/aromatic N) is 4. The number of sulfonamides is 1. The van der Waals surface area contributed by atoms with Crippen LogP contribution in [0.4, 0.5) is 5.82 Å². The Kier molecular flexibility index (Phi) is 11.8. The normalized spacial score (nSPS) is 12.0. The molecule has 0 amide bonds. The van der Waals surface area contributed by atoms with E-state index in [1.165, 1.54) is 6.20 Å². The Bertz CT molecular complexity index is 1930. The first kappa shape index (κ1) is 35.7. The zero-order valence-corrected chi connectivity index (χ0v) is 27.2. The predicted octanol–water partition coefficient (Wildman–Crippen LogP) is 1.08. The first-order chi connectivity index (χ1) is 22.4. The lowest BCUT2D eigenvalue weighted by atomic mass is 9.87. The topological polar surface area (TPSA) is 241 Å². The van der Waals surface area contributed by atoms with Gasteiger partial charge in [0.1, 0.15) is 10.7 Å². The number of anilines is 1. The van der Waals surface area contributed by atoms with Crippen molar-refractivity contribution in [3.05, 3.63) is 97.1 Å². The summed E-state index contributed by atoms with van der Waals surface area (Å²) in [6.07, 6.45) is 4.74. The van der Waals surface area contributed by atoms with Crippen molar-refractivity contribution < 1.29 is 38.7 Å². The van der Waals surface area contributed by atoms with Crippen LogP contribution in [-0.2, 0) is 21.1 Å². The van der Waals surface area contributed by atoms with Gasteiger partial charge in [-0.1, -0.05) is 55.5 Å². The second-order valence-electron chi connectivity index (χ2n) is 10.6. The number of aliphatic hydroxyl groups excluding tert-OH is 2. The average Bonchev–Trinajstić information content (AvgIpc) is 3.08. The SMILES string of the molecule is CCC(C[NH3+])(CO)CO.O=P([O-])([O-])NS(=O)(=O)c1cncc(-c2nc(NCc3ccccn3)c3c(-c4ccccc4)cccc3n2)c1. The minimum absolute atomic E-state index is 0.0312. The molecule has 3 heterocycles. The lowest BCUT2D eigenvalue weighted by Gasteiger charge is -2.29. The molecule has 0 aliphatic heterocycles. The molecule has 0 spiro atoms. The molecule has 16 heteroatoms. The van der Waals surface area contributed by atoms with Gasteiger partial charge in [0.25, 0.3) is 0 Å². The molecule has 0 radical (unpaired) electrons. The summed E-state index contributed by atoms with van der Waals surface area (Å²) in [5, 5.41) is 21.6. The second kappa shape index (κ2) is 15.6. The molecule has 3 aromatic heterocycles. The number of nitrogens with one attached hydrogen (secondary N) is 2. The monoisotopic (exact) mass is 680 g/mol. The van der Waals surface area contributed by atoms with Crippen LogP contribution in [0, 0.1) is 5.41 Å². The molecule has 248 valence electrons. The van der Waals surface area contributed by atoms with Crippen molar-refractivity contribution in [2.24, 2.45) is 5.41 Å². The summed E-state index contributed by atoms with van der Waals surface area (Å²) < 4.78 is 36.9. The van der Waals surface area contributed by atoms with E-state index in [1.807, 2.05) is 67.6 Å². The molecule has 2 aromatic carbocycles. The largest absolute Gasteiger partial charge is 0.799 e. The Hall–Kier alpha value is -4.18. The third-order valence-corrected chi connectivity index (χ3v) is 10.1. The van der Waals surface area contributed by atoms with Crippen molar-refractivity contribution in [3.8, 4) is 22.5 Å². The number of hydrogen-bond acceptors (Lipinski definition) is 12. The first-order valence-electron chi connectivity index (χ1n) is 14.5. The van der Waals surface area contributed by atoms with Gasteiger partial charge in [-0.3, -0.25) is 9.97 Å². The van der Waals surface area contributed by atoms with Crippen LogP contribution < -0.4 is 25.3 Å². The van der Waals surface area contributed by atoms with Gasteiger partial charge in [-0.2, -0.15) is 4.49 Å². The number of rotatable bonds is 12. The van der Waals surface area contributed by atoms with Crippen molar-refractivity contribution in [3.63, 3.8) is 0 Å². The molecule has 0 bridgehead atoms. The fourth-order valence-corrected chi connectivity index (χ4v) is 6.55. The zero-order valence-electron chi connectivity index (χ0n) is 25.5. The molecule has 0 aliphatic rings. The van der Waals surface area contributed by atoms with Crippen LogP contribution >= 0.6 is 7.75 Å². The Morgan fingerprint density at radius 1 is 0.936 bits per heavy atom. The molecule has 0 saturated carbocycles. The second-order valence-corrected chi connectivity index (χ2v) is 13.8. The van der Waals surface area contributed by atoms with Crippen molar-refractivity contribution >= 4 is 34.5 Å². The van der Waals surface area contributed by atoms with Gasteiger partial charge >= 0.3 is 0 Å². The van der Waals surface area contributed by atoms with Gasteiger partial charge in [-0.05, 0) is 41.8 Å². The van der Waals surface area contributed by atoms with Crippen LogP contribution in [-0.4, -0.2) is 58.3 Å². The zero-order chi connectivity index (χ0) is 34.1. The van der Waals surface area contributed by atoms with Gasteiger partial charge in [0.15, 0.2) is 5.82 Å².